The number of carbonyl (C=O) groups excluding carboxylic acids is 1. The first-order chi connectivity index (χ1) is 17.8. The second-order valence-electron chi connectivity index (χ2n) is 9.30. The summed E-state index contributed by atoms with van der Waals surface area (Å²) in [4.78, 5) is 37.5. The van der Waals surface area contributed by atoms with E-state index in [1.807, 2.05) is 6.07 Å². The molecule has 0 radical (unpaired) electrons. The minimum absolute atomic E-state index is 0.0710. The lowest BCUT2D eigenvalue weighted by Crippen LogP contribution is -2.48. The predicted octanol–water partition coefficient (Wildman–Crippen LogP) is 1.44. The monoisotopic (exact) mass is 524 g/mol. The molecule has 11 nitrogen and oxygen atoms in total. The number of nitrogens with zero attached hydrogens (tertiary/aromatic N) is 5. The van der Waals surface area contributed by atoms with Crippen molar-refractivity contribution in [2.24, 2.45) is 0 Å². The van der Waals surface area contributed by atoms with Crippen molar-refractivity contribution in [2.75, 3.05) is 34.6 Å². The summed E-state index contributed by atoms with van der Waals surface area (Å²) in [5.41, 5.74) is 6.91. The van der Waals surface area contributed by atoms with E-state index in [0.29, 0.717) is 5.82 Å². The maximum absolute atomic E-state index is 13.4. The number of aliphatic carboxylic acids is 1. The highest BCUT2D eigenvalue weighted by molar-refractivity contribution is 7.74. The van der Waals surface area contributed by atoms with Gasteiger partial charge in [-0.3, -0.25) is 9.10 Å². The Morgan fingerprint density at radius 3 is 2.59 bits per heavy atom. The topological polar surface area (TPSA) is 150 Å². The number of carboxylic acids is 1. The molecule has 37 heavy (non-hydrogen) atoms. The Balaban J connectivity index is 1.36. The third-order valence-electron chi connectivity index (χ3n) is 7.06. The van der Waals surface area contributed by atoms with Crippen LogP contribution in [0.3, 0.4) is 0 Å². The Kier molecular flexibility index (Phi) is 6.83. The van der Waals surface area contributed by atoms with Gasteiger partial charge >= 0.3 is 5.97 Å². The third-order valence-corrected chi connectivity index (χ3v) is 7.92. The molecule has 2 atom stereocenters. The van der Waals surface area contributed by atoms with Crippen molar-refractivity contribution in [1.82, 2.24) is 14.9 Å². The van der Waals surface area contributed by atoms with Gasteiger partial charge in [0.2, 0.25) is 16.8 Å². The van der Waals surface area contributed by atoms with E-state index in [1.54, 1.807) is 36.5 Å². The van der Waals surface area contributed by atoms with Crippen molar-refractivity contribution in [1.29, 1.82) is 0 Å². The highest BCUT2D eigenvalue weighted by Crippen LogP contribution is 2.29. The summed E-state index contributed by atoms with van der Waals surface area (Å²) in [5, 5.41) is 11.6. The number of aromatic nitrogens is 2. The van der Waals surface area contributed by atoms with E-state index in [-0.39, 0.29) is 25.1 Å². The van der Waals surface area contributed by atoms with E-state index in [1.165, 1.54) is 11.1 Å². The molecule has 2 aliphatic heterocycles. The number of hydrogen-bond donors (Lipinski definition) is 3. The number of hydrogen-bond acceptors (Lipinski definition) is 8. The molecular weight excluding hydrogens is 496 g/mol. The van der Waals surface area contributed by atoms with Gasteiger partial charge in [-0.25, -0.2) is 23.2 Å². The van der Waals surface area contributed by atoms with E-state index in [4.69, 9.17) is 5.73 Å². The van der Waals surface area contributed by atoms with Crippen molar-refractivity contribution in [2.45, 2.75) is 37.8 Å². The Morgan fingerprint density at radius 2 is 1.92 bits per heavy atom. The molecular formula is C25H28N6O5S. The number of thiol groups is 1. The van der Waals surface area contributed by atoms with Crippen molar-refractivity contribution < 1.29 is 23.1 Å². The summed E-state index contributed by atoms with van der Waals surface area (Å²) >= 11 is 0. The van der Waals surface area contributed by atoms with Crippen molar-refractivity contribution in [3.05, 3.63) is 54.4 Å². The molecule has 2 aromatic heterocycles. The Bertz CT molecular complexity index is 1400. The quantitative estimate of drug-likeness (QED) is 0.372. The lowest BCUT2D eigenvalue weighted by atomic mass is 10.0. The molecule has 2 fully saturated rings. The number of carbonyl (C=O) groups is 2. The van der Waals surface area contributed by atoms with Gasteiger partial charge in [-0.2, -0.15) is 0 Å². The van der Waals surface area contributed by atoms with Gasteiger partial charge in [0.1, 0.15) is 23.7 Å². The molecule has 0 aliphatic carbocycles. The standard InChI is InChI=1S/C25H28N6O5S/c26-23-19-5-3-16(13-17(19)7-9-27-23)14-21(25(33)34)30-12-8-20(24(30)32)31(37(35)36)18-4-6-22(28-15-18)29-10-1-2-11-29/h3-7,9,13,15,20-21,37H,1-2,8,10-12,14H2,(H2,26,27)(H,33,34)/t20-,21+/m0/s1. The molecule has 2 aliphatic rings. The maximum atomic E-state index is 13.4. The van der Waals surface area contributed by atoms with Crippen LogP contribution in [0.25, 0.3) is 10.8 Å². The summed E-state index contributed by atoms with van der Waals surface area (Å²) in [7, 11) is -3.16. The van der Waals surface area contributed by atoms with Gasteiger partial charge < -0.3 is 20.6 Å². The van der Waals surface area contributed by atoms with Crippen LogP contribution in [0.1, 0.15) is 24.8 Å². The summed E-state index contributed by atoms with van der Waals surface area (Å²) in [6.07, 6.45) is 5.46. The second kappa shape index (κ2) is 10.2. The fourth-order valence-corrected chi connectivity index (χ4v) is 5.94. The number of anilines is 3. The fraction of sp³-hybridized carbons (Fsp3) is 0.360. The summed E-state index contributed by atoms with van der Waals surface area (Å²) in [5.74, 6) is -0.547. The first-order valence-electron chi connectivity index (χ1n) is 12.1. The van der Waals surface area contributed by atoms with Crippen molar-refractivity contribution >= 4 is 50.9 Å². The van der Waals surface area contributed by atoms with Gasteiger partial charge in [-0.05, 0) is 48.4 Å². The highest BCUT2D eigenvalue weighted by atomic mass is 32.2. The van der Waals surface area contributed by atoms with Gasteiger partial charge in [-0.15, -0.1) is 0 Å². The minimum Gasteiger partial charge on any atom is -0.480 e. The molecule has 2 saturated heterocycles. The lowest BCUT2D eigenvalue weighted by Gasteiger charge is -2.27. The lowest BCUT2D eigenvalue weighted by molar-refractivity contribution is -0.148. The van der Waals surface area contributed by atoms with E-state index < -0.39 is 34.9 Å². The highest BCUT2D eigenvalue weighted by Gasteiger charge is 2.43. The van der Waals surface area contributed by atoms with Gasteiger partial charge in [-0.1, -0.05) is 18.2 Å². The van der Waals surface area contributed by atoms with Gasteiger partial charge in [0, 0.05) is 37.6 Å². The number of amides is 1. The number of rotatable bonds is 8. The zero-order valence-corrected chi connectivity index (χ0v) is 21.0. The molecule has 0 unspecified atom stereocenters. The van der Waals surface area contributed by atoms with E-state index in [2.05, 4.69) is 14.9 Å². The van der Waals surface area contributed by atoms with Crippen LogP contribution < -0.4 is 14.9 Å². The first-order valence-corrected chi connectivity index (χ1v) is 13.3. The summed E-state index contributed by atoms with van der Waals surface area (Å²) < 4.78 is 25.5. The molecule has 0 bridgehead atoms. The minimum atomic E-state index is -3.16. The number of pyridine rings is 2. The molecule has 12 heteroatoms. The maximum Gasteiger partial charge on any atom is 0.326 e. The Morgan fingerprint density at radius 1 is 1.14 bits per heavy atom. The molecule has 194 valence electrons. The molecule has 3 N–H and O–H groups in total. The Labute approximate surface area is 215 Å². The average Bonchev–Trinajstić information content (AvgIpc) is 3.54. The van der Waals surface area contributed by atoms with Crippen LogP contribution in [0.4, 0.5) is 17.3 Å². The normalized spacial score (nSPS) is 18.6. The number of likely N-dealkylation sites (tertiary alicyclic amines) is 1. The number of carboxylic acid groups (broad SMARTS) is 1. The number of benzene rings is 1. The SMILES string of the molecule is Nc1nccc2cc(C[C@H](C(=O)O)N3CC[C@H](N(c4ccc(N5CCCC5)nc4)[SH](=O)=O)C3=O)ccc12. The van der Waals surface area contributed by atoms with Crippen LogP contribution >= 0.6 is 0 Å². The number of fused-ring (bicyclic) bond motifs is 1. The van der Waals surface area contributed by atoms with Crippen molar-refractivity contribution in [3.63, 3.8) is 0 Å². The summed E-state index contributed by atoms with van der Waals surface area (Å²) in [6.45, 7) is 1.93. The predicted molar refractivity (Wildman–Crippen MR) is 140 cm³/mol. The van der Waals surface area contributed by atoms with Crippen LogP contribution in [-0.2, 0) is 26.9 Å². The van der Waals surface area contributed by atoms with Gasteiger partial charge in [0.05, 0.1) is 11.9 Å². The second-order valence-corrected chi connectivity index (χ2v) is 10.2. The van der Waals surface area contributed by atoms with E-state index in [0.717, 1.165) is 52.4 Å². The number of nitrogen functional groups attached to an aromatic ring is 1. The largest absolute Gasteiger partial charge is 0.480 e. The summed E-state index contributed by atoms with van der Waals surface area (Å²) in [6, 6.07) is 8.40. The van der Waals surface area contributed by atoms with Gasteiger partial charge in [0.25, 0.3) is 0 Å². The zero-order valence-electron chi connectivity index (χ0n) is 20.1. The third kappa shape index (κ3) is 4.88. The van der Waals surface area contributed by atoms with Gasteiger partial charge in [0.15, 0.2) is 0 Å². The number of nitrogens with two attached hydrogens (primary N) is 1. The van der Waals surface area contributed by atoms with Crippen molar-refractivity contribution in [3.8, 4) is 0 Å². The molecule has 0 spiro atoms. The molecule has 1 amide bonds. The van der Waals surface area contributed by atoms with E-state index >= 15 is 0 Å². The molecule has 4 heterocycles. The molecule has 5 rings (SSSR count). The van der Waals surface area contributed by atoms with Crippen LogP contribution in [0.5, 0.6) is 0 Å². The van der Waals surface area contributed by atoms with E-state index in [9.17, 15) is 23.1 Å². The molecule has 3 aromatic rings. The molecule has 1 aromatic carbocycles. The molecule has 0 saturated carbocycles. The zero-order chi connectivity index (χ0) is 26.1. The fourth-order valence-electron chi connectivity index (χ4n) is 5.19. The first kappa shape index (κ1) is 24.8. The Hall–Kier alpha value is -3.93. The van der Waals surface area contributed by atoms with Crippen LogP contribution in [0.15, 0.2) is 48.8 Å². The van der Waals surface area contributed by atoms with Crippen LogP contribution in [0, 0.1) is 0 Å². The van der Waals surface area contributed by atoms with Crippen LogP contribution in [-0.4, -0.2) is 72.0 Å². The van der Waals surface area contributed by atoms with Crippen LogP contribution in [0.2, 0.25) is 0 Å². The average molecular weight is 525 g/mol. The smallest absolute Gasteiger partial charge is 0.326 e.